The van der Waals surface area contributed by atoms with E-state index in [4.69, 9.17) is 4.74 Å². The Morgan fingerprint density at radius 1 is 0.789 bits per heavy atom. The molecule has 1 aromatic rings. The van der Waals surface area contributed by atoms with Crippen molar-refractivity contribution in [2.75, 3.05) is 0 Å². The predicted octanol–water partition coefficient (Wildman–Crippen LogP) is 9.21. The lowest BCUT2D eigenvalue weighted by molar-refractivity contribution is -0.133. The summed E-state index contributed by atoms with van der Waals surface area (Å²) in [6.45, 7) is 6.02. The van der Waals surface area contributed by atoms with E-state index in [0.29, 0.717) is 12.8 Å². The molecule has 0 aliphatic carbocycles. The zero-order chi connectivity index (χ0) is 27.4. The topological polar surface area (TPSA) is 46.6 Å². The lowest BCUT2D eigenvalue weighted by Gasteiger charge is -2.23. The lowest BCUT2D eigenvalue weighted by atomic mass is 9.98. The minimum absolute atomic E-state index is 0.150. The standard InChI is InChI=1S/C34H45NO3/c1-4-6-7-8-9-10-11-12-13-14-15-16-17-18-19-20-21-23-26-30(5-2)33(36)35-29(3)32(38-34(35)37)31-27-24-22-25-28-31/h6-7,9-10,12-13,15-16,18-19,21-25,27-30,32H,4-5,8,11,14,17,20,26H2,1-3H3/b7-6-,10-9-,13-12-,16-15-,19-18-,23-21-/t29-,30+,32?/m0/s1. The monoisotopic (exact) mass is 515 g/mol. The Hall–Kier alpha value is -3.40. The van der Waals surface area contributed by atoms with E-state index < -0.39 is 12.2 Å². The first-order valence-electron chi connectivity index (χ1n) is 14.1. The second-order valence-corrected chi connectivity index (χ2v) is 9.42. The Bertz CT molecular complexity index is 1000. The fraction of sp³-hybridized carbons (Fsp3) is 0.412. The first-order chi connectivity index (χ1) is 18.6. The number of hydrogen-bond donors (Lipinski definition) is 0. The highest BCUT2D eigenvalue weighted by molar-refractivity contribution is 5.95. The first kappa shape index (κ1) is 30.8. The second kappa shape index (κ2) is 18.8. The summed E-state index contributed by atoms with van der Waals surface area (Å²) in [5, 5.41) is 0. The van der Waals surface area contributed by atoms with E-state index in [-0.39, 0.29) is 17.9 Å². The van der Waals surface area contributed by atoms with Gasteiger partial charge in [0.05, 0.1) is 6.04 Å². The number of allylic oxidation sites excluding steroid dienone is 12. The van der Waals surface area contributed by atoms with Crippen LogP contribution in [0.4, 0.5) is 4.79 Å². The Balaban J connectivity index is 1.66. The Morgan fingerprint density at radius 3 is 1.74 bits per heavy atom. The van der Waals surface area contributed by atoms with E-state index in [2.05, 4.69) is 73.8 Å². The molecule has 0 N–H and O–H groups in total. The number of imide groups is 1. The SMILES string of the molecule is CC/C=C\C/C=C\C/C=C\C/C=C\C/C=C\C/C=C\C[C@@H](CC)C(=O)N1C(=O)OC(c2ccccc2)[C@@H]1C. The van der Waals surface area contributed by atoms with E-state index in [9.17, 15) is 9.59 Å². The van der Waals surface area contributed by atoms with Gasteiger partial charge in [-0.15, -0.1) is 0 Å². The average molecular weight is 516 g/mol. The molecule has 2 amide bonds. The van der Waals surface area contributed by atoms with E-state index in [1.54, 1.807) is 0 Å². The summed E-state index contributed by atoms with van der Waals surface area (Å²) in [6.07, 6.45) is 32.1. The number of ether oxygens (including phenoxy) is 1. The second-order valence-electron chi connectivity index (χ2n) is 9.42. The molecule has 2 rings (SSSR count). The van der Waals surface area contributed by atoms with Crippen LogP contribution >= 0.6 is 0 Å². The zero-order valence-electron chi connectivity index (χ0n) is 23.4. The van der Waals surface area contributed by atoms with Gasteiger partial charge < -0.3 is 4.74 Å². The molecule has 1 saturated heterocycles. The quantitative estimate of drug-likeness (QED) is 0.206. The largest absolute Gasteiger partial charge is 0.439 e. The van der Waals surface area contributed by atoms with Crippen molar-refractivity contribution in [1.82, 2.24) is 4.90 Å². The third-order valence-electron chi connectivity index (χ3n) is 6.49. The lowest BCUT2D eigenvalue weighted by Crippen LogP contribution is -2.41. The summed E-state index contributed by atoms with van der Waals surface area (Å²) in [5.41, 5.74) is 0.911. The maximum absolute atomic E-state index is 13.1. The van der Waals surface area contributed by atoms with Crippen molar-refractivity contribution in [2.24, 2.45) is 5.92 Å². The molecule has 4 nitrogen and oxygen atoms in total. The molecular weight excluding hydrogens is 470 g/mol. The highest BCUT2D eigenvalue weighted by atomic mass is 16.6. The van der Waals surface area contributed by atoms with Crippen molar-refractivity contribution < 1.29 is 14.3 Å². The number of benzene rings is 1. The highest BCUT2D eigenvalue weighted by Gasteiger charge is 2.44. The van der Waals surface area contributed by atoms with Crippen LogP contribution in [0.3, 0.4) is 0 Å². The Morgan fingerprint density at radius 2 is 1.26 bits per heavy atom. The normalized spacial score (nSPS) is 19.3. The van der Waals surface area contributed by atoms with E-state index in [1.807, 2.05) is 50.3 Å². The number of carbonyl (C=O) groups is 2. The minimum Gasteiger partial charge on any atom is -0.439 e. The fourth-order valence-electron chi connectivity index (χ4n) is 4.27. The van der Waals surface area contributed by atoms with Gasteiger partial charge in [-0.3, -0.25) is 4.79 Å². The van der Waals surface area contributed by atoms with Gasteiger partial charge in [0.2, 0.25) is 5.91 Å². The molecular formula is C34H45NO3. The maximum atomic E-state index is 13.1. The number of hydrogen-bond acceptors (Lipinski definition) is 3. The summed E-state index contributed by atoms with van der Waals surface area (Å²) in [7, 11) is 0. The van der Waals surface area contributed by atoms with Gasteiger partial charge in [-0.1, -0.05) is 117 Å². The molecule has 1 aliphatic rings. The summed E-state index contributed by atoms with van der Waals surface area (Å²) >= 11 is 0. The van der Waals surface area contributed by atoms with Crippen molar-refractivity contribution in [3.8, 4) is 0 Å². The van der Waals surface area contributed by atoms with Gasteiger partial charge in [0.25, 0.3) is 0 Å². The zero-order valence-corrected chi connectivity index (χ0v) is 23.4. The van der Waals surface area contributed by atoms with Gasteiger partial charge in [0.1, 0.15) is 6.10 Å². The third kappa shape index (κ3) is 10.9. The number of cyclic esters (lactones) is 1. The van der Waals surface area contributed by atoms with Crippen molar-refractivity contribution in [2.45, 2.75) is 84.3 Å². The molecule has 38 heavy (non-hydrogen) atoms. The summed E-state index contributed by atoms with van der Waals surface area (Å²) in [4.78, 5) is 27.0. The highest BCUT2D eigenvalue weighted by Crippen LogP contribution is 2.34. The smallest absolute Gasteiger partial charge is 0.417 e. The van der Waals surface area contributed by atoms with Crippen LogP contribution in [-0.2, 0) is 9.53 Å². The summed E-state index contributed by atoms with van der Waals surface area (Å²) in [5.74, 6) is -0.382. The van der Waals surface area contributed by atoms with E-state index in [1.165, 1.54) is 4.90 Å². The van der Waals surface area contributed by atoms with Crippen LogP contribution in [0.25, 0.3) is 0 Å². The maximum Gasteiger partial charge on any atom is 0.417 e. The Labute approximate surface area is 230 Å². The molecule has 0 radical (unpaired) electrons. The number of carbonyl (C=O) groups excluding carboxylic acids is 2. The van der Waals surface area contributed by atoms with Gasteiger partial charge in [-0.05, 0) is 63.9 Å². The first-order valence-corrected chi connectivity index (χ1v) is 14.1. The molecule has 4 heteroatoms. The van der Waals surface area contributed by atoms with Gasteiger partial charge >= 0.3 is 6.09 Å². The summed E-state index contributed by atoms with van der Waals surface area (Å²) in [6, 6.07) is 9.28. The molecule has 1 aromatic carbocycles. The summed E-state index contributed by atoms with van der Waals surface area (Å²) < 4.78 is 5.56. The van der Waals surface area contributed by atoms with E-state index >= 15 is 0 Å². The van der Waals surface area contributed by atoms with Crippen molar-refractivity contribution in [1.29, 1.82) is 0 Å². The van der Waals surface area contributed by atoms with Gasteiger partial charge in [0, 0.05) is 5.92 Å². The Kier molecular flexibility index (Phi) is 15.2. The van der Waals surface area contributed by atoms with Crippen LogP contribution in [0.2, 0.25) is 0 Å². The molecule has 1 unspecified atom stereocenters. The van der Waals surface area contributed by atoms with Gasteiger partial charge in [-0.25, -0.2) is 9.69 Å². The molecule has 204 valence electrons. The van der Waals surface area contributed by atoms with Crippen LogP contribution in [0.15, 0.2) is 103 Å². The molecule has 0 bridgehead atoms. The molecule has 0 spiro atoms. The van der Waals surface area contributed by atoms with Crippen LogP contribution in [-0.4, -0.2) is 22.9 Å². The van der Waals surface area contributed by atoms with Gasteiger partial charge in [-0.2, -0.15) is 0 Å². The third-order valence-corrected chi connectivity index (χ3v) is 6.49. The molecule has 1 fully saturated rings. The van der Waals surface area contributed by atoms with Crippen LogP contribution in [0, 0.1) is 5.92 Å². The molecule has 0 saturated carbocycles. The number of rotatable bonds is 16. The van der Waals surface area contributed by atoms with Crippen molar-refractivity contribution in [3.63, 3.8) is 0 Å². The fourth-order valence-corrected chi connectivity index (χ4v) is 4.27. The van der Waals surface area contributed by atoms with Crippen LogP contribution in [0.1, 0.15) is 83.8 Å². The van der Waals surface area contributed by atoms with E-state index in [0.717, 1.165) is 44.1 Å². The van der Waals surface area contributed by atoms with Crippen LogP contribution in [0.5, 0.6) is 0 Å². The van der Waals surface area contributed by atoms with Crippen molar-refractivity contribution >= 4 is 12.0 Å². The average Bonchev–Trinajstić information content (AvgIpc) is 3.23. The number of nitrogens with zero attached hydrogens (tertiary/aromatic N) is 1. The number of amides is 2. The minimum atomic E-state index is -0.544. The predicted molar refractivity (Wildman–Crippen MR) is 159 cm³/mol. The van der Waals surface area contributed by atoms with Gasteiger partial charge in [0.15, 0.2) is 0 Å². The molecule has 1 heterocycles. The molecule has 1 aliphatic heterocycles. The van der Waals surface area contributed by atoms with Crippen LogP contribution < -0.4 is 0 Å². The van der Waals surface area contributed by atoms with Crippen molar-refractivity contribution in [3.05, 3.63) is 109 Å². The molecule has 0 aromatic heterocycles. The molecule has 3 atom stereocenters.